The summed E-state index contributed by atoms with van der Waals surface area (Å²) in [7, 11) is 0. The van der Waals surface area contributed by atoms with E-state index in [1.54, 1.807) is 12.1 Å². The Morgan fingerprint density at radius 3 is 1.81 bits per heavy atom. The lowest BCUT2D eigenvalue weighted by Crippen LogP contribution is -2.31. The molecule has 2 aliphatic rings. The van der Waals surface area contributed by atoms with Gasteiger partial charge in [0.2, 0.25) is 0 Å². The number of nitrogens with zero attached hydrogens (tertiary/aromatic N) is 1. The molecule has 7 rings (SSSR count). The summed E-state index contributed by atoms with van der Waals surface area (Å²) >= 11 is 0. The van der Waals surface area contributed by atoms with Crippen LogP contribution in [-0.4, -0.2) is 27.8 Å². The van der Waals surface area contributed by atoms with E-state index in [1.165, 1.54) is 0 Å². The first-order valence-electron chi connectivity index (χ1n) is 12.2. The van der Waals surface area contributed by atoms with Gasteiger partial charge in [0, 0.05) is 11.1 Å². The molecule has 4 atom stereocenters. The molecule has 2 heterocycles. The maximum Gasteiger partial charge on any atom is 0.144 e. The fourth-order valence-electron chi connectivity index (χ4n) is 5.86. The third kappa shape index (κ3) is 3.21. The van der Waals surface area contributed by atoms with Gasteiger partial charge in [-0.3, -0.25) is 0 Å². The Bertz CT molecular complexity index is 1580. The van der Waals surface area contributed by atoms with Crippen LogP contribution in [0.2, 0.25) is 0 Å². The molecular formula is C31H25NO4. The Morgan fingerprint density at radius 2 is 1.17 bits per heavy atom. The van der Waals surface area contributed by atoms with Crippen molar-refractivity contribution >= 4 is 21.5 Å². The van der Waals surface area contributed by atoms with Crippen LogP contribution in [0.15, 0.2) is 103 Å². The normalized spacial score (nSPS) is 23.9. The molecule has 5 nitrogen and oxygen atoms in total. The highest BCUT2D eigenvalue weighted by Crippen LogP contribution is 2.55. The zero-order valence-electron chi connectivity index (χ0n) is 19.5. The third-order valence-electron chi connectivity index (χ3n) is 7.49. The first-order chi connectivity index (χ1) is 17.7. The number of hydrogen-bond acceptors (Lipinski definition) is 5. The van der Waals surface area contributed by atoms with E-state index < -0.39 is 12.5 Å². The molecule has 178 valence electrons. The maximum absolute atomic E-state index is 11.1. The Balaban J connectivity index is 1.44. The van der Waals surface area contributed by atoms with Crippen molar-refractivity contribution in [2.24, 2.45) is 0 Å². The number of aromatic hydroxyl groups is 2. The molecule has 2 N–H and O–H groups in total. The van der Waals surface area contributed by atoms with Crippen molar-refractivity contribution in [3.63, 3.8) is 0 Å². The second kappa shape index (κ2) is 8.35. The van der Waals surface area contributed by atoms with Crippen LogP contribution in [0.1, 0.15) is 35.3 Å². The Morgan fingerprint density at radius 1 is 0.611 bits per heavy atom. The number of hydrogen-bond donors (Lipinski definition) is 2. The van der Waals surface area contributed by atoms with Gasteiger partial charge in [-0.25, -0.2) is 4.90 Å². The summed E-state index contributed by atoms with van der Waals surface area (Å²) in [4.78, 5) is 2.18. The van der Waals surface area contributed by atoms with Crippen molar-refractivity contribution in [3.8, 4) is 11.5 Å². The number of benzene rings is 5. The van der Waals surface area contributed by atoms with Gasteiger partial charge in [0.15, 0.2) is 0 Å². The number of fused-ring (bicyclic) bond motifs is 3. The maximum atomic E-state index is 11.1. The Labute approximate surface area is 208 Å². The van der Waals surface area contributed by atoms with E-state index >= 15 is 0 Å². The summed E-state index contributed by atoms with van der Waals surface area (Å²) in [5.41, 5.74) is 2.49. The van der Waals surface area contributed by atoms with Gasteiger partial charge in [0.1, 0.15) is 30.1 Å². The lowest BCUT2D eigenvalue weighted by atomic mass is 9.98. The van der Waals surface area contributed by atoms with E-state index in [1.807, 2.05) is 78.9 Å². The fourth-order valence-corrected chi connectivity index (χ4v) is 5.86. The molecule has 5 aromatic rings. The molecule has 2 saturated heterocycles. The zero-order valence-corrected chi connectivity index (χ0v) is 19.5. The fraction of sp³-hybridized carbons (Fsp3) is 0.161. The van der Waals surface area contributed by atoms with E-state index in [0.717, 1.165) is 32.7 Å². The molecule has 0 unspecified atom stereocenters. The van der Waals surface area contributed by atoms with Crippen LogP contribution in [0.4, 0.5) is 0 Å². The van der Waals surface area contributed by atoms with Gasteiger partial charge in [-0.05, 0) is 39.2 Å². The van der Waals surface area contributed by atoms with Crippen LogP contribution >= 0.6 is 0 Å². The molecule has 2 aliphatic heterocycles. The summed E-state index contributed by atoms with van der Waals surface area (Å²) in [5.74, 6) is 0.363. The highest BCUT2D eigenvalue weighted by atomic mass is 16.6. The predicted molar refractivity (Wildman–Crippen MR) is 139 cm³/mol. The number of ether oxygens (including phenoxy) is 2. The van der Waals surface area contributed by atoms with Gasteiger partial charge in [0.25, 0.3) is 0 Å². The summed E-state index contributed by atoms with van der Waals surface area (Å²) in [6, 6.07) is 33.4. The lowest BCUT2D eigenvalue weighted by molar-refractivity contribution is -0.0767. The highest BCUT2D eigenvalue weighted by Gasteiger charge is 2.53. The van der Waals surface area contributed by atoms with E-state index in [0.29, 0.717) is 12.2 Å². The van der Waals surface area contributed by atoms with E-state index in [2.05, 4.69) is 17.0 Å². The minimum Gasteiger partial charge on any atom is -0.507 e. The molecule has 5 aromatic carbocycles. The molecule has 0 amide bonds. The molecule has 0 spiro atoms. The van der Waals surface area contributed by atoms with Crippen molar-refractivity contribution in [3.05, 3.63) is 120 Å². The van der Waals surface area contributed by atoms with E-state index in [9.17, 15) is 10.2 Å². The van der Waals surface area contributed by atoms with Gasteiger partial charge in [-0.15, -0.1) is 0 Å². The smallest absolute Gasteiger partial charge is 0.144 e. The summed E-state index contributed by atoms with van der Waals surface area (Å²) in [6.07, 6.45) is -1.37. The molecule has 5 heteroatoms. The molecular weight excluding hydrogens is 450 g/mol. The molecule has 0 aliphatic carbocycles. The zero-order chi connectivity index (χ0) is 24.2. The van der Waals surface area contributed by atoms with E-state index in [-0.39, 0.29) is 23.6 Å². The largest absolute Gasteiger partial charge is 0.507 e. The number of phenolic OH excluding ortho intramolecular Hbond substituents is 2. The second-order valence-electron chi connectivity index (χ2n) is 9.46. The van der Waals surface area contributed by atoms with Crippen molar-refractivity contribution in [1.82, 2.24) is 4.90 Å². The van der Waals surface area contributed by atoms with Crippen LogP contribution in [0.25, 0.3) is 21.5 Å². The molecule has 0 saturated carbocycles. The topological polar surface area (TPSA) is 62.2 Å². The lowest BCUT2D eigenvalue weighted by Gasteiger charge is -2.30. The molecule has 0 radical (unpaired) electrons. The van der Waals surface area contributed by atoms with Crippen molar-refractivity contribution < 1.29 is 19.7 Å². The van der Waals surface area contributed by atoms with Crippen LogP contribution in [0, 0.1) is 0 Å². The monoisotopic (exact) mass is 475 g/mol. The first kappa shape index (κ1) is 21.4. The van der Waals surface area contributed by atoms with Crippen molar-refractivity contribution in [2.45, 2.75) is 24.6 Å². The number of phenols is 2. The van der Waals surface area contributed by atoms with Gasteiger partial charge < -0.3 is 19.7 Å². The molecule has 2 fully saturated rings. The third-order valence-corrected chi connectivity index (χ3v) is 7.49. The Kier molecular flexibility index (Phi) is 4.96. The summed E-state index contributed by atoms with van der Waals surface area (Å²) < 4.78 is 13.3. The van der Waals surface area contributed by atoms with Crippen molar-refractivity contribution in [2.75, 3.05) is 6.61 Å². The average Bonchev–Trinajstić information content (AvgIpc) is 3.50. The van der Waals surface area contributed by atoms with Gasteiger partial charge in [0.05, 0.1) is 12.6 Å². The van der Waals surface area contributed by atoms with Gasteiger partial charge >= 0.3 is 0 Å². The average molecular weight is 476 g/mol. The standard InChI is InChI=1S/C31H25NO4/c33-25-16-14-19-8-4-6-12-22(19)27(25)30-32-24(18-35-30)29(21-10-2-1-3-11-21)36-31(32)28-23-13-7-5-9-20(23)15-17-26(28)34/h1-17,24,29-31,33-34H,18H2/t24-,29-,30-,31+/m1/s1. The van der Waals surface area contributed by atoms with Crippen molar-refractivity contribution in [1.29, 1.82) is 0 Å². The van der Waals surface area contributed by atoms with Crippen LogP contribution in [0.5, 0.6) is 11.5 Å². The van der Waals surface area contributed by atoms with Crippen LogP contribution < -0.4 is 0 Å². The quantitative estimate of drug-likeness (QED) is 0.309. The number of rotatable bonds is 3. The van der Waals surface area contributed by atoms with Crippen LogP contribution in [0.3, 0.4) is 0 Å². The van der Waals surface area contributed by atoms with E-state index in [4.69, 9.17) is 9.47 Å². The molecule has 36 heavy (non-hydrogen) atoms. The highest BCUT2D eigenvalue weighted by molar-refractivity contribution is 5.89. The predicted octanol–water partition coefficient (Wildman–Crippen LogP) is 6.57. The van der Waals surface area contributed by atoms with Gasteiger partial charge in [-0.2, -0.15) is 0 Å². The second-order valence-corrected chi connectivity index (χ2v) is 9.46. The summed E-state index contributed by atoms with van der Waals surface area (Å²) in [6.45, 7) is 0.439. The molecule has 0 aromatic heterocycles. The minimum absolute atomic E-state index is 0.0980. The summed E-state index contributed by atoms with van der Waals surface area (Å²) in [5, 5.41) is 26.1. The van der Waals surface area contributed by atoms with Gasteiger partial charge in [-0.1, -0.05) is 91.0 Å². The SMILES string of the molecule is Oc1ccc2ccccc2c1[C@H]1OC[C@@H]2[C@@H](c3ccccc3)O[C@@H](c3c(O)ccc4ccccc34)N12. The molecule has 0 bridgehead atoms. The minimum atomic E-state index is -0.572. The Hall–Kier alpha value is -3.90. The van der Waals surface area contributed by atoms with Crippen LogP contribution in [-0.2, 0) is 9.47 Å². The first-order valence-corrected chi connectivity index (χ1v) is 12.2.